The second-order valence-electron chi connectivity index (χ2n) is 7.60. The lowest BCUT2D eigenvalue weighted by Gasteiger charge is -2.15. The van der Waals surface area contributed by atoms with Crippen molar-refractivity contribution < 1.29 is 0 Å². The summed E-state index contributed by atoms with van der Waals surface area (Å²) >= 11 is 0. The van der Waals surface area contributed by atoms with Gasteiger partial charge in [-0.1, -0.05) is 45.9 Å². The Labute approximate surface area is 149 Å². The molecule has 0 aliphatic heterocycles. The molecule has 0 unspecified atom stereocenters. The van der Waals surface area contributed by atoms with E-state index < -0.39 is 0 Å². The average molecular weight is 334 g/mol. The van der Waals surface area contributed by atoms with Gasteiger partial charge in [-0.05, 0) is 49.1 Å². The van der Waals surface area contributed by atoms with Crippen LogP contribution in [-0.4, -0.2) is 9.38 Å². The smallest absolute Gasteiger partial charge is 0.183 e. The fourth-order valence-corrected chi connectivity index (χ4v) is 2.98. The number of aromatic nitrogens is 2. The number of pyridine rings is 1. The largest absolute Gasteiger partial charge is 0.283 e. The lowest BCUT2D eigenvalue weighted by atomic mass is 9.92. The molecule has 1 aromatic carbocycles. The normalized spacial score (nSPS) is 12.4. The van der Waals surface area contributed by atoms with Gasteiger partial charge in [-0.15, -0.1) is 10.2 Å². The first-order chi connectivity index (χ1) is 11.8. The van der Waals surface area contributed by atoms with Crippen LogP contribution in [0, 0.1) is 13.8 Å². The Morgan fingerprint density at radius 1 is 1.08 bits per heavy atom. The second-order valence-corrected chi connectivity index (χ2v) is 7.60. The Morgan fingerprint density at radius 2 is 1.84 bits per heavy atom. The van der Waals surface area contributed by atoms with Crippen LogP contribution in [0.25, 0.3) is 5.65 Å². The molecule has 0 amide bonds. The molecule has 2 aromatic heterocycles. The molecule has 0 spiro atoms. The molecule has 25 heavy (non-hydrogen) atoms. The highest BCUT2D eigenvalue weighted by atomic mass is 15.2. The average Bonchev–Trinajstić information content (AvgIpc) is 2.91. The van der Waals surface area contributed by atoms with Gasteiger partial charge in [-0.2, -0.15) is 0 Å². The third kappa shape index (κ3) is 3.34. The number of azo groups is 1. The summed E-state index contributed by atoms with van der Waals surface area (Å²) in [5.74, 6) is 0.813. The summed E-state index contributed by atoms with van der Waals surface area (Å²) in [7, 11) is 0. The molecular weight excluding hydrogens is 308 g/mol. The van der Waals surface area contributed by atoms with Crippen molar-refractivity contribution in [3.8, 4) is 0 Å². The molecular formula is C21H26N4. The van der Waals surface area contributed by atoms with Crippen molar-refractivity contribution >= 4 is 17.2 Å². The highest BCUT2D eigenvalue weighted by Crippen LogP contribution is 2.34. The Hall–Kier alpha value is -2.49. The molecule has 0 fully saturated rings. The Kier molecular flexibility index (Phi) is 4.46. The first-order valence-electron chi connectivity index (χ1n) is 8.80. The SMILES string of the molecule is CCc1cccc(C)c1N=Nc1c(C(C)(C)C)nc2cc(C)ccn12. The molecule has 0 atom stereocenters. The fourth-order valence-electron chi connectivity index (χ4n) is 2.98. The quantitative estimate of drug-likeness (QED) is 0.524. The number of hydrogen-bond donors (Lipinski definition) is 0. The lowest BCUT2D eigenvalue weighted by Crippen LogP contribution is -2.11. The summed E-state index contributed by atoms with van der Waals surface area (Å²) in [5.41, 5.74) is 6.29. The van der Waals surface area contributed by atoms with Crippen LogP contribution in [0.5, 0.6) is 0 Å². The Balaban J connectivity index is 2.19. The minimum absolute atomic E-state index is 0.104. The molecule has 4 nitrogen and oxygen atoms in total. The van der Waals surface area contributed by atoms with Gasteiger partial charge in [0.05, 0.1) is 11.4 Å². The zero-order valence-corrected chi connectivity index (χ0v) is 16.0. The van der Waals surface area contributed by atoms with Crippen molar-refractivity contribution in [3.05, 3.63) is 58.9 Å². The van der Waals surface area contributed by atoms with E-state index in [0.29, 0.717) is 0 Å². The summed E-state index contributed by atoms with van der Waals surface area (Å²) in [6.45, 7) is 12.8. The van der Waals surface area contributed by atoms with Crippen LogP contribution in [0.4, 0.5) is 11.5 Å². The number of nitrogens with zero attached hydrogens (tertiary/aromatic N) is 4. The maximum Gasteiger partial charge on any atom is 0.183 e. The molecule has 3 aromatic rings. The van der Waals surface area contributed by atoms with Gasteiger partial charge in [0.15, 0.2) is 5.82 Å². The second kappa shape index (κ2) is 6.43. The first kappa shape index (κ1) is 17.3. The van der Waals surface area contributed by atoms with E-state index in [-0.39, 0.29) is 5.41 Å². The van der Waals surface area contributed by atoms with Crippen molar-refractivity contribution in [1.82, 2.24) is 9.38 Å². The third-order valence-electron chi connectivity index (χ3n) is 4.41. The van der Waals surface area contributed by atoms with Gasteiger partial charge in [-0.3, -0.25) is 4.40 Å². The van der Waals surface area contributed by atoms with E-state index >= 15 is 0 Å². The fraction of sp³-hybridized carbons (Fsp3) is 0.381. The van der Waals surface area contributed by atoms with Crippen molar-refractivity contribution in [2.24, 2.45) is 10.2 Å². The van der Waals surface area contributed by atoms with Gasteiger partial charge < -0.3 is 0 Å². The molecule has 2 heterocycles. The number of rotatable bonds is 3. The van der Waals surface area contributed by atoms with Crippen LogP contribution in [0.2, 0.25) is 0 Å². The van der Waals surface area contributed by atoms with Crippen LogP contribution in [-0.2, 0) is 11.8 Å². The van der Waals surface area contributed by atoms with E-state index in [4.69, 9.17) is 4.98 Å². The highest BCUT2D eigenvalue weighted by Gasteiger charge is 2.24. The van der Waals surface area contributed by atoms with E-state index in [0.717, 1.165) is 34.8 Å². The van der Waals surface area contributed by atoms with Gasteiger partial charge in [0.2, 0.25) is 0 Å². The summed E-state index contributed by atoms with van der Waals surface area (Å²) in [6.07, 6.45) is 2.97. The van der Waals surface area contributed by atoms with Crippen molar-refractivity contribution in [3.63, 3.8) is 0 Å². The number of fused-ring (bicyclic) bond motifs is 1. The first-order valence-corrected chi connectivity index (χ1v) is 8.80. The van der Waals surface area contributed by atoms with Crippen molar-refractivity contribution in [2.45, 2.75) is 53.4 Å². The number of aryl methyl sites for hydroxylation is 3. The van der Waals surface area contributed by atoms with Crippen LogP contribution in [0.1, 0.15) is 50.1 Å². The molecule has 0 N–H and O–H groups in total. The summed E-state index contributed by atoms with van der Waals surface area (Å²) in [5, 5.41) is 9.29. The molecule has 0 radical (unpaired) electrons. The minimum Gasteiger partial charge on any atom is -0.283 e. The molecule has 0 aliphatic carbocycles. The Bertz CT molecular complexity index is 942. The predicted octanol–water partition coefficient (Wildman–Crippen LogP) is 6.23. The van der Waals surface area contributed by atoms with E-state index in [1.54, 1.807) is 0 Å². The van der Waals surface area contributed by atoms with Crippen LogP contribution in [0.3, 0.4) is 0 Å². The molecule has 0 saturated carbocycles. The molecule has 0 bridgehead atoms. The summed E-state index contributed by atoms with van der Waals surface area (Å²) in [6, 6.07) is 10.4. The highest BCUT2D eigenvalue weighted by molar-refractivity contribution is 5.56. The van der Waals surface area contributed by atoms with Gasteiger partial charge in [0, 0.05) is 11.6 Å². The van der Waals surface area contributed by atoms with E-state index in [1.807, 2.05) is 10.6 Å². The molecule has 4 heteroatoms. The minimum atomic E-state index is -0.104. The zero-order chi connectivity index (χ0) is 18.2. The van der Waals surface area contributed by atoms with Gasteiger partial charge >= 0.3 is 0 Å². The molecule has 3 rings (SSSR count). The summed E-state index contributed by atoms with van der Waals surface area (Å²) in [4.78, 5) is 4.83. The number of hydrogen-bond acceptors (Lipinski definition) is 3. The van der Waals surface area contributed by atoms with Crippen LogP contribution >= 0.6 is 0 Å². The van der Waals surface area contributed by atoms with Crippen molar-refractivity contribution in [2.75, 3.05) is 0 Å². The topological polar surface area (TPSA) is 42.0 Å². The number of imidazole rings is 1. The van der Waals surface area contributed by atoms with Crippen molar-refractivity contribution in [1.29, 1.82) is 0 Å². The predicted molar refractivity (Wildman–Crippen MR) is 103 cm³/mol. The zero-order valence-electron chi connectivity index (χ0n) is 16.0. The van der Waals surface area contributed by atoms with Gasteiger partial charge in [-0.25, -0.2) is 4.98 Å². The monoisotopic (exact) mass is 334 g/mol. The number of benzene rings is 1. The van der Waals surface area contributed by atoms with E-state index in [2.05, 4.69) is 82.1 Å². The van der Waals surface area contributed by atoms with Crippen LogP contribution < -0.4 is 0 Å². The van der Waals surface area contributed by atoms with Gasteiger partial charge in [0.1, 0.15) is 5.65 Å². The van der Waals surface area contributed by atoms with Gasteiger partial charge in [0.25, 0.3) is 0 Å². The Morgan fingerprint density at radius 3 is 2.52 bits per heavy atom. The third-order valence-corrected chi connectivity index (χ3v) is 4.41. The van der Waals surface area contributed by atoms with E-state index in [9.17, 15) is 0 Å². The standard InChI is InChI=1S/C21H26N4/c1-7-16-10-8-9-15(3)18(16)23-24-20-19(21(4,5)6)22-17-13-14(2)11-12-25(17)20/h8-13H,7H2,1-6H3. The molecule has 0 saturated heterocycles. The lowest BCUT2D eigenvalue weighted by molar-refractivity contribution is 0.574. The van der Waals surface area contributed by atoms with E-state index in [1.165, 1.54) is 11.1 Å². The molecule has 0 aliphatic rings. The molecule has 130 valence electrons. The summed E-state index contributed by atoms with van der Waals surface area (Å²) < 4.78 is 2.03. The maximum atomic E-state index is 4.83. The van der Waals surface area contributed by atoms with Crippen LogP contribution in [0.15, 0.2) is 46.8 Å². The maximum absolute atomic E-state index is 4.83.